The van der Waals surface area contributed by atoms with E-state index >= 15 is 0 Å². The average Bonchev–Trinajstić information content (AvgIpc) is 2.48. The Morgan fingerprint density at radius 3 is 2.50 bits per heavy atom. The summed E-state index contributed by atoms with van der Waals surface area (Å²) in [4.78, 5) is 0. The molecule has 1 heteroatoms. The molecule has 0 saturated heterocycles. The molecule has 0 spiro atoms. The first-order valence-corrected chi connectivity index (χ1v) is 8.44. The molecule has 0 heterocycles. The monoisotopic (exact) mass is 273 g/mol. The highest BCUT2D eigenvalue weighted by atomic mass is 14.7. The Hall–Kier alpha value is -0.820. The first-order chi connectivity index (χ1) is 9.63. The van der Waals surface area contributed by atoms with Crippen LogP contribution >= 0.6 is 0 Å². The molecule has 1 aliphatic rings. The third kappa shape index (κ3) is 3.63. The largest absolute Gasteiger partial charge is 0.327 e. The van der Waals surface area contributed by atoms with Crippen LogP contribution in [0.3, 0.4) is 0 Å². The minimum absolute atomic E-state index is 0.315. The van der Waals surface area contributed by atoms with Crippen molar-refractivity contribution in [1.29, 1.82) is 0 Å². The van der Waals surface area contributed by atoms with Gasteiger partial charge < -0.3 is 5.73 Å². The molecule has 0 amide bonds. The Bertz CT molecular complexity index is 386. The van der Waals surface area contributed by atoms with Gasteiger partial charge in [0.25, 0.3) is 0 Å². The zero-order chi connectivity index (χ0) is 14.5. The molecule has 2 N–H and O–H groups in total. The van der Waals surface area contributed by atoms with Crippen LogP contribution in [0.2, 0.25) is 0 Å². The number of hydrogen-bond acceptors (Lipinski definition) is 1. The molecule has 0 aliphatic heterocycles. The van der Waals surface area contributed by atoms with Crippen molar-refractivity contribution in [2.75, 3.05) is 0 Å². The van der Waals surface area contributed by atoms with E-state index in [1.165, 1.54) is 37.7 Å². The van der Waals surface area contributed by atoms with E-state index in [4.69, 9.17) is 5.73 Å². The van der Waals surface area contributed by atoms with Crippen molar-refractivity contribution >= 4 is 0 Å². The van der Waals surface area contributed by atoms with Crippen molar-refractivity contribution < 1.29 is 0 Å². The summed E-state index contributed by atoms with van der Waals surface area (Å²) in [7, 11) is 0. The van der Waals surface area contributed by atoms with E-state index in [1.807, 2.05) is 0 Å². The predicted molar refractivity (Wildman–Crippen MR) is 87.7 cm³/mol. The van der Waals surface area contributed by atoms with Crippen LogP contribution in [0.4, 0.5) is 0 Å². The van der Waals surface area contributed by atoms with E-state index in [9.17, 15) is 0 Å². The summed E-state index contributed by atoms with van der Waals surface area (Å²) in [6.45, 7) is 7.04. The zero-order valence-corrected chi connectivity index (χ0v) is 13.4. The molecule has 1 aromatic carbocycles. The van der Waals surface area contributed by atoms with Gasteiger partial charge in [0, 0.05) is 12.0 Å². The Morgan fingerprint density at radius 2 is 1.90 bits per heavy atom. The van der Waals surface area contributed by atoms with Gasteiger partial charge in [0.2, 0.25) is 0 Å². The summed E-state index contributed by atoms with van der Waals surface area (Å²) in [6.07, 6.45) is 6.60. The van der Waals surface area contributed by atoms with Crippen LogP contribution in [-0.4, -0.2) is 6.04 Å². The van der Waals surface area contributed by atoms with Crippen molar-refractivity contribution in [2.24, 2.45) is 23.5 Å². The highest BCUT2D eigenvalue weighted by Crippen LogP contribution is 2.38. The maximum atomic E-state index is 6.76. The third-order valence-corrected chi connectivity index (χ3v) is 5.38. The fraction of sp³-hybridized carbons (Fsp3) is 0.684. The standard InChI is InChI=1S/C19H31N/c1-4-15(3)18(16-10-6-5-7-11-16)19(20)17-12-8-9-14(2)13-17/h5-7,10-11,14-15,17-19H,4,8-9,12-13,20H2,1-3H3. The fourth-order valence-corrected chi connectivity index (χ4v) is 3.98. The van der Waals surface area contributed by atoms with Crippen molar-refractivity contribution in [2.45, 2.75) is 64.8 Å². The number of hydrogen-bond donors (Lipinski definition) is 1. The second-order valence-electron chi connectivity index (χ2n) is 6.93. The molecule has 0 bridgehead atoms. The van der Waals surface area contributed by atoms with Gasteiger partial charge in [-0.1, -0.05) is 70.4 Å². The van der Waals surface area contributed by atoms with Gasteiger partial charge in [-0.2, -0.15) is 0 Å². The van der Waals surface area contributed by atoms with Gasteiger partial charge in [0.15, 0.2) is 0 Å². The van der Waals surface area contributed by atoms with Crippen LogP contribution in [0, 0.1) is 17.8 Å². The van der Waals surface area contributed by atoms with E-state index in [2.05, 4.69) is 51.1 Å². The van der Waals surface area contributed by atoms with Crippen LogP contribution in [0.1, 0.15) is 64.4 Å². The van der Waals surface area contributed by atoms with E-state index < -0.39 is 0 Å². The molecular formula is C19H31N. The Morgan fingerprint density at radius 1 is 1.20 bits per heavy atom. The summed E-state index contributed by atoms with van der Waals surface area (Å²) in [6, 6.07) is 11.3. The SMILES string of the molecule is CCC(C)C(c1ccccc1)C(N)C1CCCC(C)C1. The molecule has 1 nitrogen and oxygen atoms in total. The lowest BCUT2D eigenvalue weighted by atomic mass is 9.70. The van der Waals surface area contributed by atoms with Gasteiger partial charge in [-0.15, -0.1) is 0 Å². The first-order valence-electron chi connectivity index (χ1n) is 8.44. The maximum absolute atomic E-state index is 6.76. The van der Waals surface area contributed by atoms with Gasteiger partial charge in [0.05, 0.1) is 0 Å². The molecule has 5 atom stereocenters. The first kappa shape index (κ1) is 15.6. The van der Waals surface area contributed by atoms with E-state index in [-0.39, 0.29) is 0 Å². The van der Waals surface area contributed by atoms with Gasteiger partial charge in [-0.25, -0.2) is 0 Å². The molecule has 1 aromatic rings. The quantitative estimate of drug-likeness (QED) is 0.805. The smallest absolute Gasteiger partial charge is 0.0139 e. The van der Waals surface area contributed by atoms with Crippen molar-refractivity contribution in [1.82, 2.24) is 0 Å². The fourth-order valence-electron chi connectivity index (χ4n) is 3.98. The number of rotatable bonds is 5. The van der Waals surface area contributed by atoms with Gasteiger partial charge in [-0.3, -0.25) is 0 Å². The topological polar surface area (TPSA) is 26.0 Å². The van der Waals surface area contributed by atoms with Crippen LogP contribution in [0.15, 0.2) is 30.3 Å². The summed E-state index contributed by atoms with van der Waals surface area (Å²) in [5, 5.41) is 0. The van der Waals surface area contributed by atoms with E-state index in [0.29, 0.717) is 23.8 Å². The van der Waals surface area contributed by atoms with Crippen molar-refractivity contribution in [3.63, 3.8) is 0 Å². The molecule has 0 aromatic heterocycles. The third-order valence-electron chi connectivity index (χ3n) is 5.38. The Labute approximate surface area is 125 Å². The summed E-state index contributed by atoms with van der Waals surface area (Å²) in [5.41, 5.74) is 8.20. The van der Waals surface area contributed by atoms with E-state index in [0.717, 1.165) is 5.92 Å². The highest BCUT2D eigenvalue weighted by molar-refractivity contribution is 5.22. The molecule has 1 aliphatic carbocycles. The van der Waals surface area contributed by atoms with Gasteiger partial charge >= 0.3 is 0 Å². The van der Waals surface area contributed by atoms with Crippen LogP contribution in [-0.2, 0) is 0 Å². The minimum Gasteiger partial charge on any atom is -0.327 e. The number of benzene rings is 1. The normalized spacial score (nSPS) is 27.8. The molecule has 5 unspecified atom stereocenters. The minimum atomic E-state index is 0.315. The second-order valence-corrected chi connectivity index (χ2v) is 6.93. The Balaban J connectivity index is 2.18. The Kier molecular flexibility index (Phi) is 5.65. The maximum Gasteiger partial charge on any atom is 0.0139 e. The zero-order valence-electron chi connectivity index (χ0n) is 13.4. The van der Waals surface area contributed by atoms with Crippen LogP contribution in [0.5, 0.6) is 0 Å². The molecular weight excluding hydrogens is 242 g/mol. The lowest BCUT2D eigenvalue weighted by molar-refractivity contribution is 0.207. The lowest BCUT2D eigenvalue weighted by Crippen LogP contribution is -2.41. The van der Waals surface area contributed by atoms with Crippen molar-refractivity contribution in [3.05, 3.63) is 35.9 Å². The van der Waals surface area contributed by atoms with Crippen LogP contribution in [0.25, 0.3) is 0 Å². The summed E-state index contributed by atoms with van der Waals surface area (Å²) in [5.74, 6) is 2.73. The molecule has 112 valence electrons. The van der Waals surface area contributed by atoms with Crippen molar-refractivity contribution in [3.8, 4) is 0 Å². The van der Waals surface area contributed by atoms with E-state index in [1.54, 1.807) is 0 Å². The molecule has 2 rings (SSSR count). The second kappa shape index (κ2) is 7.26. The van der Waals surface area contributed by atoms with Crippen LogP contribution < -0.4 is 5.73 Å². The highest BCUT2D eigenvalue weighted by Gasteiger charge is 2.32. The number of nitrogens with two attached hydrogens (primary N) is 1. The molecule has 20 heavy (non-hydrogen) atoms. The lowest BCUT2D eigenvalue weighted by Gasteiger charge is -2.38. The van der Waals surface area contributed by atoms with Gasteiger partial charge in [0.1, 0.15) is 0 Å². The van der Waals surface area contributed by atoms with Gasteiger partial charge in [-0.05, 0) is 36.2 Å². The average molecular weight is 273 g/mol. The summed E-state index contributed by atoms with van der Waals surface area (Å²) >= 11 is 0. The summed E-state index contributed by atoms with van der Waals surface area (Å²) < 4.78 is 0. The molecule has 1 fully saturated rings. The molecule has 0 radical (unpaired) electrons. The molecule has 1 saturated carbocycles. The predicted octanol–water partition coefficient (Wildman–Crippen LogP) is 4.97.